The van der Waals surface area contributed by atoms with Gasteiger partial charge in [-0.05, 0) is 38.2 Å². The van der Waals surface area contributed by atoms with Gasteiger partial charge >= 0.3 is 0 Å². The van der Waals surface area contributed by atoms with E-state index in [0.717, 1.165) is 50.0 Å². The molecule has 1 aliphatic heterocycles. The van der Waals surface area contributed by atoms with E-state index in [1.54, 1.807) is 10.7 Å². The van der Waals surface area contributed by atoms with Gasteiger partial charge in [-0.1, -0.05) is 6.07 Å². The van der Waals surface area contributed by atoms with Crippen LogP contribution in [0.3, 0.4) is 0 Å². The summed E-state index contributed by atoms with van der Waals surface area (Å²) >= 11 is 0. The molecule has 0 spiro atoms. The molecule has 1 saturated heterocycles. The van der Waals surface area contributed by atoms with Crippen molar-refractivity contribution in [2.24, 2.45) is 0 Å². The number of nitrogens with one attached hydrogen (secondary N) is 1. The van der Waals surface area contributed by atoms with Crippen LogP contribution in [-0.4, -0.2) is 67.6 Å². The van der Waals surface area contributed by atoms with Gasteiger partial charge in [-0.15, -0.1) is 0 Å². The first-order valence-corrected chi connectivity index (χ1v) is 10.3. The monoisotopic (exact) mass is 419 g/mol. The second-order valence-corrected chi connectivity index (χ2v) is 7.83. The summed E-state index contributed by atoms with van der Waals surface area (Å²) in [6.07, 6.45) is 1.69. The van der Waals surface area contributed by atoms with Crippen molar-refractivity contribution in [3.8, 4) is 11.6 Å². The summed E-state index contributed by atoms with van der Waals surface area (Å²) in [5, 5.41) is 7.76. The van der Waals surface area contributed by atoms with Gasteiger partial charge < -0.3 is 20.4 Å². The van der Waals surface area contributed by atoms with Gasteiger partial charge in [-0.2, -0.15) is 19.6 Å². The van der Waals surface area contributed by atoms with Gasteiger partial charge in [-0.3, -0.25) is 4.90 Å². The van der Waals surface area contributed by atoms with Crippen LogP contribution in [0.2, 0.25) is 0 Å². The maximum absolute atomic E-state index is 5.97. The van der Waals surface area contributed by atoms with Crippen LogP contribution in [0.5, 0.6) is 0 Å². The van der Waals surface area contributed by atoms with Crippen LogP contribution in [0.25, 0.3) is 17.2 Å². The highest BCUT2D eigenvalue weighted by atomic mass is 16.3. The van der Waals surface area contributed by atoms with Gasteiger partial charge in [0.05, 0.1) is 11.9 Å². The minimum absolute atomic E-state index is 0.150. The predicted octanol–water partition coefficient (Wildman–Crippen LogP) is 2.16. The average Bonchev–Trinajstić information content (AvgIpc) is 3.36. The molecule has 10 heteroatoms. The first kappa shape index (κ1) is 19.5. The van der Waals surface area contributed by atoms with E-state index in [0.29, 0.717) is 22.9 Å². The second kappa shape index (κ2) is 7.97. The highest BCUT2D eigenvalue weighted by molar-refractivity contribution is 5.74. The lowest BCUT2D eigenvalue weighted by molar-refractivity contribution is 0.147. The van der Waals surface area contributed by atoms with Crippen LogP contribution < -0.4 is 11.1 Å². The van der Waals surface area contributed by atoms with Crippen molar-refractivity contribution in [1.82, 2.24) is 34.4 Å². The van der Waals surface area contributed by atoms with Crippen molar-refractivity contribution in [2.45, 2.75) is 13.5 Å². The number of aromatic nitrogens is 5. The number of hydrogen-bond acceptors (Lipinski definition) is 9. The maximum Gasteiger partial charge on any atom is 0.224 e. The molecular weight excluding hydrogens is 394 g/mol. The normalized spacial score (nSPS) is 15.5. The Hall–Kier alpha value is -3.50. The van der Waals surface area contributed by atoms with Gasteiger partial charge in [0.2, 0.25) is 11.8 Å². The third-order valence-corrected chi connectivity index (χ3v) is 5.40. The summed E-state index contributed by atoms with van der Waals surface area (Å²) in [6.45, 7) is 6.97. The van der Waals surface area contributed by atoms with E-state index < -0.39 is 0 Å². The topological polar surface area (TPSA) is 114 Å². The summed E-state index contributed by atoms with van der Waals surface area (Å²) in [5.41, 5.74) is 8.25. The number of nitrogen functional groups attached to an aromatic ring is 1. The predicted molar refractivity (Wildman–Crippen MR) is 118 cm³/mol. The number of nitrogens with zero attached hydrogens (tertiary/aromatic N) is 7. The molecule has 10 nitrogen and oxygen atoms in total. The third-order valence-electron chi connectivity index (χ3n) is 5.40. The number of rotatable bonds is 5. The average molecular weight is 419 g/mol. The molecule has 5 rings (SSSR count). The van der Waals surface area contributed by atoms with Gasteiger partial charge in [-0.25, -0.2) is 4.98 Å². The molecule has 0 saturated carbocycles. The van der Waals surface area contributed by atoms with Crippen molar-refractivity contribution in [2.75, 3.05) is 44.3 Å². The van der Waals surface area contributed by atoms with E-state index in [2.05, 4.69) is 43.3 Å². The fourth-order valence-corrected chi connectivity index (χ4v) is 3.71. The molecule has 0 atom stereocenters. The number of hydrogen-bond donors (Lipinski definition) is 2. The summed E-state index contributed by atoms with van der Waals surface area (Å²) in [6, 6.07) is 9.70. The minimum Gasteiger partial charge on any atom is -0.458 e. The molecule has 5 heterocycles. The molecule has 0 bridgehead atoms. The molecule has 31 heavy (non-hydrogen) atoms. The lowest BCUT2D eigenvalue weighted by Gasteiger charge is -2.32. The van der Waals surface area contributed by atoms with Crippen LogP contribution in [0.15, 0.2) is 40.9 Å². The van der Waals surface area contributed by atoms with Crippen molar-refractivity contribution in [3.63, 3.8) is 0 Å². The van der Waals surface area contributed by atoms with E-state index in [9.17, 15) is 0 Å². The van der Waals surface area contributed by atoms with E-state index in [-0.39, 0.29) is 5.95 Å². The molecule has 4 aromatic rings. The van der Waals surface area contributed by atoms with Crippen LogP contribution in [0.4, 0.5) is 17.5 Å². The van der Waals surface area contributed by atoms with Crippen LogP contribution in [0, 0.1) is 6.92 Å². The molecule has 1 fully saturated rings. The molecular formula is C21H25N9O. The third kappa shape index (κ3) is 4.07. The highest BCUT2D eigenvalue weighted by Crippen LogP contribution is 2.26. The number of aryl methyl sites for hydroxylation is 1. The fraction of sp³-hybridized carbons (Fsp3) is 0.333. The number of likely N-dealkylation sites (N-methyl/N-ethyl adjacent to an activating group) is 1. The molecule has 0 aromatic carbocycles. The number of pyridine rings is 1. The Bertz CT molecular complexity index is 1210. The smallest absolute Gasteiger partial charge is 0.224 e. The van der Waals surface area contributed by atoms with E-state index >= 15 is 0 Å². The Balaban J connectivity index is 1.40. The second-order valence-electron chi connectivity index (χ2n) is 7.83. The maximum atomic E-state index is 5.97. The van der Waals surface area contributed by atoms with E-state index in [1.165, 1.54) is 0 Å². The van der Waals surface area contributed by atoms with Gasteiger partial charge in [0, 0.05) is 32.7 Å². The SMILES string of the molecule is Cc1ccc(-c2nc(N)nc3c(Nc4cccc(CN5CCN(C)CC5)n4)cnn23)o1. The molecule has 0 unspecified atom stereocenters. The molecule has 3 N–H and O–H groups in total. The molecule has 4 aromatic heterocycles. The quantitative estimate of drug-likeness (QED) is 0.502. The number of nitrogens with two attached hydrogens (primary N) is 1. The van der Waals surface area contributed by atoms with Crippen molar-refractivity contribution < 1.29 is 4.42 Å². The Morgan fingerprint density at radius 3 is 2.68 bits per heavy atom. The molecule has 0 radical (unpaired) electrons. The Labute approximate surface area is 179 Å². The van der Waals surface area contributed by atoms with Crippen molar-refractivity contribution in [1.29, 1.82) is 0 Å². The fourth-order valence-electron chi connectivity index (χ4n) is 3.71. The van der Waals surface area contributed by atoms with Crippen molar-refractivity contribution in [3.05, 3.63) is 48.0 Å². The molecule has 1 aliphatic rings. The summed E-state index contributed by atoms with van der Waals surface area (Å²) in [7, 11) is 2.16. The van der Waals surface area contributed by atoms with Gasteiger partial charge in [0.1, 0.15) is 17.3 Å². The molecule has 0 amide bonds. The first-order chi connectivity index (χ1) is 15.0. The zero-order valence-electron chi connectivity index (χ0n) is 17.6. The highest BCUT2D eigenvalue weighted by Gasteiger charge is 2.17. The Morgan fingerprint density at radius 1 is 1.06 bits per heavy atom. The molecule has 160 valence electrons. The minimum atomic E-state index is 0.150. The summed E-state index contributed by atoms with van der Waals surface area (Å²) in [5.74, 6) is 2.75. The van der Waals surface area contributed by atoms with Gasteiger partial charge in [0.15, 0.2) is 11.4 Å². The summed E-state index contributed by atoms with van der Waals surface area (Å²) < 4.78 is 7.32. The van der Waals surface area contributed by atoms with E-state index in [1.807, 2.05) is 31.2 Å². The number of anilines is 3. The Morgan fingerprint density at radius 2 is 1.90 bits per heavy atom. The van der Waals surface area contributed by atoms with Crippen LogP contribution in [-0.2, 0) is 6.54 Å². The lowest BCUT2D eigenvalue weighted by atomic mass is 10.2. The van der Waals surface area contributed by atoms with Crippen LogP contribution >= 0.6 is 0 Å². The zero-order valence-corrected chi connectivity index (χ0v) is 17.6. The Kier molecular flexibility index (Phi) is 5.00. The van der Waals surface area contributed by atoms with E-state index in [4.69, 9.17) is 15.1 Å². The zero-order chi connectivity index (χ0) is 21.4. The standard InChI is InChI=1S/C21H25N9O/c1-14-6-7-17(31-14)20-27-21(22)26-19-16(12-23-30(19)20)25-18-5-3-4-15(24-18)13-29-10-8-28(2)9-11-29/h3-7,12H,8-11,13H2,1-2H3,(H2,22,26)(H,24,25). The lowest BCUT2D eigenvalue weighted by Crippen LogP contribution is -2.44. The molecule has 0 aliphatic carbocycles. The van der Waals surface area contributed by atoms with Gasteiger partial charge in [0.25, 0.3) is 0 Å². The first-order valence-electron chi connectivity index (χ1n) is 10.3. The number of fused-ring (bicyclic) bond motifs is 1. The largest absolute Gasteiger partial charge is 0.458 e. The number of furan rings is 1. The van der Waals surface area contributed by atoms with Crippen LogP contribution in [0.1, 0.15) is 11.5 Å². The summed E-state index contributed by atoms with van der Waals surface area (Å²) in [4.78, 5) is 18.2. The van der Waals surface area contributed by atoms with Crippen molar-refractivity contribution >= 4 is 23.1 Å². The number of piperazine rings is 1.